The third-order valence-electron chi connectivity index (χ3n) is 5.61. The maximum absolute atomic E-state index is 13.5. The Hall–Kier alpha value is -3.64. The van der Waals surface area contributed by atoms with E-state index in [1.165, 1.54) is 0 Å². The summed E-state index contributed by atoms with van der Waals surface area (Å²) in [6.07, 6.45) is 0.559. The molecule has 0 aliphatic heterocycles. The number of fused-ring (bicyclic) bond motifs is 1. The summed E-state index contributed by atoms with van der Waals surface area (Å²) < 4.78 is 0. The van der Waals surface area contributed by atoms with Crippen molar-refractivity contribution < 1.29 is 4.79 Å². The van der Waals surface area contributed by atoms with Gasteiger partial charge in [0.05, 0.1) is 16.9 Å². The molecule has 0 aliphatic carbocycles. The number of aromatic nitrogens is 2. The largest absolute Gasteiger partial charge is 0.322 e. The average Bonchev–Trinajstić information content (AvgIpc) is 2.81. The molecule has 4 rings (SSSR count). The molecule has 0 saturated carbocycles. The van der Waals surface area contributed by atoms with Gasteiger partial charge in [-0.1, -0.05) is 67.1 Å². The molecule has 7 heteroatoms. The third kappa shape index (κ3) is 5.07. The van der Waals surface area contributed by atoms with Crippen molar-refractivity contribution in [3.8, 4) is 0 Å². The maximum atomic E-state index is 13.5. The molecule has 0 spiro atoms. The summed E-state index contributed by atoms with van der Waals surface area (Å²) in [5.74, 6) is 0.424. The Morgan fingerprint density at radius 1 is 1.09 bits per heavy atom. The Morgan fingerprint density at radius 3 is 2.55 bits per heavy atom. The summed E-state index contributed by atoms with van der Waals surface area (Å²) in [7, 11) is 0. The number of nitrogens with one attached hydrogen (secondary N) is 2. The van der Waals surface area contributed by atoms with Crippen molar-refractivity contribution in [2.75, 3.05) is 5.32 Å². The van der Waals surface area contributed by atoms with Crippen LogP contribution in [0.5, 0.6) is 0 Å². The molecule has 1 unspecified atom stereocenters. The van der Waals surface area contributed by atoms with Crippen LogP contribution >= 0.6 is 11.6 Å². The molecule has 0 aliphatic rings. The molecule has 1 heterocycles. The topological polar surface area (TPSA) is 78.1 Å². The standard InChI is InChI=1S/C26H25ClN4O2/c1-3-23(24-28-22-15-19(27)13-14-20(22)25(32)30-24)31(16-18-10-5-4-6-11-18)26(33)29-21-12-8-7-9-17(21)2/h4-15,23H,3,16H2,1-2H3,(H,29,33)(H,28,30,32). The molecule has 0 fully saturated rings. The molecule has 2 N–H and O–H groups in total. The fourth-order valence-electron chi connectivity index (χ4n) is 3.85. The second-order valence-electron chi connectivity index (χ2n) is 7.90. The second kappa shape index (κ2) is 9.88. The molecule has 1 aromatic heterocycles. The lowest BCUT2D eigenvalue weighted by Gasteiger charge is -2.31. The van der Waals surface area contributed by atoms with E-state index in [0.717, 1.165) is 16.8 Å². The number of amides is 2. The summed E-state index contributed by atoms with van der Waals surface area (Å²) in [4.78, 5) is 35.5. The van der Waals surface area contributed by atoms with Crippen molar-refractivity contribution in [1.82, 2.24) is 14.9 Å². The van der Waals surface area contributed by atoms with Crippen molar-refractivity contribution in [2.24, 2.45) is 0 Å². The van der Waals surface area contributed by atoms with Gasteiger partial charge >= 0.3 is 6.03 Å². The van der Waals surface area contributed by atoms with E-state index >= 15 is 0 Å². The average molecular weight is 461 g/mol. The normalized spacial score (nSPS) is 11.8. The highest BCUT2D eigenvalue weighted by Gasteiger charge is 2.27. The van der Waals surface area contributed by atoms with Crippen LogP contribution in [0.4, 0.5) is 10.5 Å². The predicted octanol–water partition coefficient (Wildman–Crippen LogP) is 6.07. The molecule has 3 aromatic carbocycles. The SMILES string of the molecule is CCC(c1nc2cc(Cl)ccc2c(=O)[nH]1)N(Cc1ccccc1)C(=O)Nc1ccccc1C. The monoisotopic (exact) mass is 460 g/mol. The van der Waals surface area contributed by atoms with Gasteiger partial charge in [-0.15, -0.1) is 0 Å². The van der Waals surface area contributed by atoms with Gasteiger partial charge in [0, 0.05) is 17.3 Å². The van der Waals surface area contributed by atoms with Gasteiger partial charge in [0.25, 0.3) is 5.56 Å². The summed E-state index contributed by atoms with van der Waals surface area (Å²) in [6.45, 7) is 4.26. The molecular formula is C26H25ClN4O2. The number of urea groups is 1. The van der Waals surface area contributed by atoms with Crippen molar-refractivity contribution in [2.45, 2.75) is 32.9 Å². The summed E-state index contributed by atoms with van der Waals surface area (Å²) in [5, 5.41) is 3.98. The fourth-order valence-corrected chi connectivity index (χ4v) is 4.02. The number of para-hydroxylation sites is 1. The Labute approximate surface area is 197 Å². The van der Waals surface area contributed by atoms with Crippen molar-refractivity contribution >= 4 is 34.2 Å². The Bertz CT molecular complexity index is 1340. The second-order valence-corrected chi connectivity index (χ2v) is 8.33. The first-order chi connectivity index (χ1) is 16.0. The molecule has 2 amide bonds. The van der Waals surface area contributed by atoms with Crippen molar-refractivity contribution in [3.05, 3.63) is 105 Å². The third-order valence-corrected chi connectivity index (χ3v) is 5.84. The number of benzene rings is 3. The molecule has 6 nitrogen and oxygen atoms in total. The Balaban J connectivity index is 1.75. The van der Waals surface area contributed by atoms with Crippen LogP contribution in [0.1, 0.15) is 36.3 Å². The van der Waals surface area contributed by atoms with Crippen LogP contribution in [0.15, 0.2) is 77.6 Å². The zero-order valence-corrected chi connectivity index (χ0v) is 19.3. The van der Waals surface area contributed by atoms with Crippen LogP contribution in [-0.4, -0.2) is 20.9 Å². The zero-order chi connectivity index (χ0) is 23.4. The highest BCUT2D eigenvalue weighted by Crippen LogP contribution is 2.26. The predicted molar refractivity (Wildman–Crippen MR) is 133 cm³/mol. The van der Waals surface area contributed by atoms with Gasteiger partial charge < -0.3 is 15.2 Å². The molecular weight excluding hydrogens is 436 g/mol. The van der Waals surface area contributed by atoms with E-state index in [1.54, 1.807) is 23.1 Å². The van der Waals surface area contributed by atoms with E-state index in [9.17, 15) is 9.59 Å². The van der Waals surface area contributed by atoms with Crippen LogP contribution in [0, 0.1) is 6.92 Å². The van der Waals surface area contributed by atoms with Crippen LogP contribution < -0.4 is 10.9 Å². The summed E-state index contributed by atoms with van der Waals surface area (Å²) in [5.41, 5.74) is 2.91. The first-order valence-corrected chi connectivity index (χ1v) is 11.2. The number of aryl methyl sites for hydroxylation is 1. The molecule has 0 radical (unpaired) electrons. The number of anilines is 1. The molecule has 0 saturated heterocycles. The minimum atomic E-state index is -0.453. The van der Waals surface area contributed by atoms with E-state index in [2.05, 4.69) is 15.3 Å². The zero-order valence-electron chi connectivity index (χ0n) is 18.5. The number of rotatable bonds is 6. The minimum absolute atomic E-state index is 0.260. The molecule has 168 valence electrons. The molecule has 33 heavy (non-hydrogen) atoms. The van der Waals surface area contributed by atoms with E-state index < -0.39 is 6.04 Å². The minimum Gasteiger partial charge on any atom is -0.310 e. The van der Waals surface area contributed by atoms with Gasteiger partial charge in [-0.3, -0.25) is 4.79 Å². The fraction of sp³-hybridized carbons (Fsp3) is 0.192. The van der Waals surface area contributed by atoms with Gasteiger partial charge in [-0.2, -0.15) is 0 Å². The molecule has 4 aromatic rings. The van der Waals surface area contributed by atoms with Gasteiger partial charge in [0.2, 0.25) is 0 Å². The van der Waals surface area contributed by atoms with Crippen LogP contribution in [0.2, 0.25) is 5.02 Å². The van der Waals surface area contributed by atoms with Crippen LogP contribution in [-0.2, 0) is 6.54 Å². The lowest BCUT2D eigenvalue weighted by molar-refractivity contribution is 0.178. The number of hydrogen-bond donors (Lipinski definition) is 2. The van der Waals surface area contributed by atoms with E-state index in [0.29, 0.717) is 34.7 Å². The van der Waals surface area contributed by atoms with Crippen LogP contribution in [0.3, 0.4) is 0 Å². The van der Waals surface area contributed by atoms with Gasteiger partial charge in [-0.05, 0) is 48.7 Å². The first kappa shape index (κ1) is 22.6. The smallest absolute Gasteiger partial charge is 0.310 e. The highest BCUT2D eigenvalue weighted by atomic mass is 35.5. The summed E-state index contributed by atoms with van der Waals surface area (Å²) in [6, 6.07) is 21.6. The number of halogens is 1. The Kier molecular flexibility index (Phi) is 6.75. The van der Waals surface area contributed by atoms with Crippen molar-refractivity contribution in [1.29, 1.82) is 0 Å². The number of H-pyrrole nitrogens is 1. The highest BCUT2D eigenvalue weighted by molar-refractivity contribution is 6.31. The first-order valence-electron chi connectivity index (χ1n) is 10.8. The number of hydrogen-bond acceptors (Lipinski definition) is 3. The van der Waals surface area contributed by atoms with E-state index in [4.69, 9.17) is 11.6 Å². The van der Waals surface area contributed by atoms with E-state index in [-0.39, 0.29) is 11.6 Å². The molecule has 1 atom stereocenters. The van der Waals surface area contributed by atoms with Crippen LogP contribution in [0.25, 0.3) is 10.9 Å². The quantitative estimate of drug-likeness (QED) is 0.366. The number of nitrogens with zero attached hydrogens (tertiary/aromatic N) is 2. The lowest BCUT2D eigenvalue weighted by atomic mass is 10.1. The molecule has 0 bridgehead atoms. The summed E-state index contributed by atoms with van der Waals surface area (Å²) >= 11 is 6.14. The Morgan fingerprint density at radius 2 is 1.82 bits per heavy atom. The van der Waals surface area contributed by atoms with Crippen molar-refractivity contribution in [3.63, 3.8) is 0 Å². The maximum Gasteiger partial charge on any atom is 0.322 e. The van der Waals surface area contributed by atoms with Gasteiger partial charge in [0.15, 0.2) is 0 Å². The van der Waals surface area contributed by atoms with Gasteiger partial charge in [-0.25, -0.2) is 9.78 Å². The lowest BCUT2D eigenvalue weighted by Crippen LogP contribution is -2.39. The van der Waals surface area contributed by atoms with Gasteiger partial charge in [0.1, 0.15) is 5.82 Å². The van der Waals surface area contributed by atoms with E-state index in [1.807, 2.05) is 68.4 Å². The number of carbonyl (C=O) groups is 1. The number of aromatic amines is 1. The number of carbonyl (C=O) groups excluding carboxylic acids is 1.